The van der Waals surface area contributed by atoms with E-state index in [4.69, 9.17) is 26.8 Å². The molecule has 0 fully saturated rings. The minimum absolute atomic E-state index is 0.341. The summed E-state index contributed by atoms with van der Waals surface area (Å²) in [5.74, 6) is 1.41. The summed E-state index contributed by atoms with van der Waals surface area (Å²) in [5, 5.41) is 0.584. The first kappa shape index (κ1) is 15.6. The van der Waals surface area contributed by atoms with Gasteiger partial charge in [0.25, 0.3) is 0 Å². The van der Waals surface area contributed by atoms with Crippen LogP contribution in [0.15, 0.2) is 30.3 Å². The minimum atomic E-state index is 0.341. The molecule has 0 bridgehead atoms. The monoisotopic (exact) mass is 306 g/mol. The molecule has 2 rings (SSSR count). The average Bonchev–Trinajstić information content (AvgIpc) is 2.46. The molecule has 0 aliphatic heterocycles. The number of hydrogen-bond acceptors (Lipinski definition) is 4. The van der Waals surface area contributed by atoms with Crippen molar-refractivity contribution in [2.75, 3.05) is 13.7 Å². The Morgan fingerprint density at radius 2 is 2.05 bits per heavy atom. The molecule has 21 heavy (non-hydrogen) atoms. The van der Waals surface area contributed by atoms with E-state index in [1.165, 1.54) is 0 Å². The van der Waals surface area contributed by atoms with E-state index in [1.807, 2.05) is 37.3 Å². The van der Waals surface area contributed by atoms with Gasteiger partial charge in [0.1, 0.15) is 18.1 Å². The number of pyridine rings is 1. The number of rotatable bonds is 6. The number of methoxy groups -OCH3 is 1. The van der Waals surface area contributed by atoms with E-state index in [1.54, 1.807) is 7.11 Å². The second-order valence-electron chi connectivity index (χ2n) is 4.73. The van der Waals surface area contributed by atoms with E-state index in [2.05, 4.69) is 4.98 Å². The number of ether oxygens (including phenoxy) is 2. The summed E-state index contributed by atoms with van der Waals surface area (Å²) in [6, 6.07) is 9.44. The summed E-state index contributed by atoms with van der Waals surface area (Å²) < 4.78 is 10.9. The third-order valence-corrected chi connectivity index (χ3v) is 3.32. The molecule has 0 atom stereocenters. The zero-order chi connectivity index (χ0) is 15.2. The summed E-state index contributed by atoms with van der Waals surface area (Å²) in [6.45, 7) is 2.86. The van der Waals surface area contributed by atoms with Crippen LogP contribution in [0.5, 0.6) is 11.5 Å². The summed E-state index contributed by atoms with van der Waals surface area (Å²) in [6.07, 6.45) is 0.802. The van der Waals surface area contributed by atoms with E-state index in [0.717, 1.165) is 29.1 Å². The van der Waals surface area contributed by atoms with Crippen LogP contribution in [-0.4, -0.2) is 18.6 Å². The predicted molar refractivity (Wildman–Crippen MR) is 84.1 cm³/mol. The lowest BCUT2D eigenvalue weighted by atomic mass is 10.1. The maximum atomic E-state index is 6.21. The summed E-state index contributed by atoms with van der Waals surface area (Å²) in [7, 11) is 1.63. The number of aromatic nitrogens is 1. The molecule has 0 saturated carbocycles. The lowest BCUT2D eigenvalue weighted by Gasteiger charge is -2.10. The highest BCUT2D eigenvalue weighted by atomic mass is 35.5. The van der Waals surface area contributed by atoms with Gasteiger partial charge in [-0.3, -0.25) is 4.98 Å². The molecule has 0 saturated heterocycles. The van der Waals surface area contributed by atoms with Gasteiger partial charge < -0.3 is 15.2 Å². The maximum absolute atomic E-state index is 6.21. The fraction of sp³-hybridized carbons (Fsp3) is 0.312. The average molecular weight is 307 g/mol. The number of nitrogens with zero attached hydrogens (tertiary/aromatic N) is 1. The quantitative estimate of drug-likeness (QED) is 0.891. The first-order valence-corrected chi connectivity index (χ1v) is 7.13. The predicted octanol–water partition coefficient (Wildman–Crippen LogP) is 3.13. The molecule has 0 amide bonds. The topological polar surface area (TPSA) is 57.4 Å². The van der Waals surface area contributed by atoms with Crippen molar-refractivity contribution in [2.24, 2.45) is 5.73 Å². The van der Waals surface area contributed by atoms with Crippen LogP contribution < -0.4 is 15.2 Å². The molecule has 2 aromatic rings. The van der Waals surface area contributed by atoms with Crippen molar-refractivity contribution in [1.29, 1.82) is 0 Å². The van der Waals surface area contributed by atoms with Crippen LogP contribution in [0.1, 0.15) is 17.0 Å². The third kappa shape index (κ3) is 4.34. The van der Waals surface area contributed by atoms with Crippen molar-refractivity contribution >= 4 is 11.6 Å². The number of aryl methyl sites for hydroxylation is 1. The Hall–Kier alpha value is -1.78. The zero-order valence-electron chi connectivity index (χ0n) is 12.2. The Labute approximate surface area is 129 Å². The van der Waals surface area contributed by atoms with E-state index >= 15 is 0 Å². The lowest BCUT2D eigenvalue weighted by molar-refractivity contribution is 0.300. The fourth-order valence-corrected chi connectivity index (χ4v) is 2.29. The highest BCUT2D eigenvalue weighted by Crippen LogP contribution is 2.26. The van der Waals surface area contributed by atoms with Gasteiger partial charge >= 0.3 is 0 Å². The van der Waals surface area contributed by atoms with Crippen LogP contribution in [0, 0.1) is 6.92 Å². The first-order valence-electron chi connectivity index (χ1n) is 6.75. The highest BCUT2D eigenvalue weighted by molar-refractivity contribution is 6.32. The molecule has 0 radical (unpaired) electrons. The van der Waals surface area contributed by atoms with Gasteiger partial charge in [-0.05, 0) is 37.6 Å². The van der Waals surface area contributed by atoms with E-state index in [0.29, 0.717) is 23.9 Å². The van der Waals surface area contributed by atoms with Gasteiger partial charge in [0.05, 0.1) is 17.8 Å². The Morgan fingerprint density at radius 3 is 2.71 bits per heavy atom. The normalized spacial score (nSPS) is 10.5. The Balaban J connectivity index is 2.07. The molecule has 5 heteroatoms. The lowest BCUT2D eigenvalue weighted by Crippen LogP contribution is -2.03. The Kier molecular flexibility index (Phi) is 5.42. The molecule has 0 aliphatic rings. The largest absolute Gasteiger partial charge is 0.497 e. The third-order valence-electron chi connectivity index (χ3n) is 3.02. The smallest absolute Gasteiger partial charge is 0.138 e. The van der Waals surface area contributed by atoms with Crippen LogP contribution in [0.2, 0.25) is 5.02 Å². The Morgan fingerprint density at radius 1 is 1.24 bits per heavy atom. The van der Waals surface area contributed by atoms with Crippen LogP contribution in [0.3, 0.4) is 0 Å². The molecule has 1 aromatic heterocycles. The molecule has 4 nitrogen and oxygen atoms in total. The molecule has 0 unspecified atom stereocenters. The van der Waals surface area contributed by atoms with Crippen LogP contribution >= 0.6 is 11.6 Å². The fourth-order valence-electron chi connectivity index (χ4n) is 2.03. The van der Waals surface area contributed by atoms with E-state index in [9.17, 15) is 0 Å². The number of benzene rings is 1. The van der Waals surface area contributed by atoms with Gasteiger partial charge in [-0.25, -0.2) is 0 Å². The maximum Gasteiger partial charge on any atom is 0.138 e. The van der Waals surface area contributed by atoms with Gasteiger partial charge in [-0.1, -0.05) is 17.7 Å². The van der Waals surface area contributed by atoms with Crippen molar-refractivity contribution in [3.05, 3.63) is 52.3 Å². The zero-order valence-corrected chi connectivity index (χ0v) is 13.0. The molecule has 112 valence electrons. The van der Waals surface area contributed by atoms with Crippen molar-refractivity contribution < 1.29 is 9.47 Å². The second kappa shape index (κ2) is 7.29. The first-order chi connectivity index (χ1) is 10.1. The van der Waals surface area contributed by atoms with Crippen molar-refractivity contribution in [1.82, 2.24) is 4.98 Å². The Bertz CT molecular complexity index is 617. The molecular formula is C16H19ClN2O2. The van der Waals surface area contributed by atoms with Gasteiger partial charge in [0.2, 0.25) is 0 Å². The molecule has 2 N–H and O–H groups in total. The van der Waals surface area contributed by atoms with Gasteiger partial charge in [0, 0.05) is 17.8 Å². The molecule has 0 spiro atoms. The van der Waals surface area contributed by atoms with Gasteiger partial charge in [-0.15, -0.1) is 0 Å². The standard InChI is InChI=1S/C16H19ClN2O2/c1-11-7-14(20-2)9-13(19-11)10-21-16-4-3-12(5-6-18)8-15(16)17/h3-4,7-9H,5-6,10,18H2,1-2H3. The van der Waals surface area contributed by atoms with Crippen LogP contribution in [0.25, 0.3) is 0 Å². The summed E-state index contributed by atoms with van der Waals surface area (Å²) in [5.41, 5.74) is 8.32. The van der Waals surface area contributed by atoms with E-state index in [-0.39, 0.29) is 0 Å². The molecule has 1 aromatic carbocycles. The van der Waals surface area contributed by atoms with Crippen molar-refractivity contribution in [3.8, 4) is 11.5 Å². The summed E-state index contributed by atoms with van der Waals surface area (Å²) >= 11 is 6.21. The van der Waals surface area contributed by atoms with Crippen molar-refractivity contribution in [2.45, 2.75) is 20.0 Å². The molecular weight excluding hydrogens is 288 g/mol. The number of hydrogen-bond donors (Lipinski definition) is 1. The van der Waals surface area contributed by atoms with Crippen LogP contribution in [0.4, 0.5) is 0 Å². The van der Waals surface area contributed by atoms with Crippen molar-refractivity contribution in [3.63, 3.8) is 0 Å². The SMILES string of the molecule is COc1cc(C)nc(COc2ccc(CCN)cc2Cl)c1. The highest BCUT2D eigenvalue weighted by Gasteiger charge is 2.06. The summed E-state index contributed by atoms with van der Waals surface area (Å²) in [4.78, 5) is 4.41. The second-order valence-corrected chi connectivity index (χ2v) is 5.14. The van der Waals surface area contributed by atoms with Gasteiger partial charge in [-0.2, -0.15) is 0 Å². The van der Waals surface area contributed by atoms with E-state index < -0.39 is 0 Å². The van der Waals surface area contributed by atoms with Crippen LogP contribution in [-0.2, 0) is 13.0 Å². The number of halogens is 1. The van der Waals surface area contributed by atoms with Gasteiger partial charge in [0.15, 0.2) is 0 Å². The minimum Gasteiger partial charge on any atom is -0.497 e. The molecule has 0 aliphatic carbocycles. The number of nitrogens with two attached hydrogens (primary N) is 1. The molecule has 1 heterocycles.